The van der Waals surface area contributed by atoms with Crippen LogP contribution >= 0.6 is 27.3 Å². The SMILES string of the molecule is CC(C)c1cc(NS(=O)(=O)c2sccc2Br)on1. The Hall–Kier alpha value is -0.860. The lowest BCUT2D eigenvalue weighted by Crippen LogP contribution is -2.11. The molecule has 2 rings (SSSR count). The topological polar surface area (TPSA) is 72.2 Å². The van der Waals surface area contributed by atoms with Crippen molar-refractivity contribution in [3.8, 4) is 0 Å². The van der Waals surface area contributed by atoms with Gasteiger partial charge in [-0.25, -0.2) is 13.1 Å². The zero-order valence-corrected chi connectivity index (χ0v) is 12.9. The molecule has 2 aromatic rings. The van der Waals surface area contributed by atoms with Crippen molar-refractivity contribution in [3.63, 3.8) is 0 Å². The molecule has 0 fully saturated rings. The van der Waals surface area contributed by atoms with Gasteiger partial charge in [0.15, 0.2) is 4.21 Å². The van der Waals surface area contributed by atoms with Crippen LogP contribution in [-0.4, -0.2) is 13.6 Å². The first-order chi connectivity index (χ1) is 8.40. The maximum absolute atomic E-state index is 12.0. The van der Waals surface area contributed by atoms with Gasteiger partial charge >= 0.3 is 0 Å². The minimum absolute atomic E-state index is 0.124. The van der Waals surface area contributed by atoms with Gasteiger partial charge in [0.1, 0.15) is 0 Å². The monoisotopic (exact) mass is 350 g/mol. The first-order valence-corrected chi connectivity index (χ1v) is 8.28. The van der Waals surface area contributed by atoms with Gasteiger partial charge in [-0.15, -0.1) is 11.3 Å². The number of halogens is 1. The van der Waals surface area contributed by atoms with Crippen LogP contribution in [0.3, 0.4) is 0 Å². The minimum atomic E-state index is -3.63. The van der Waals surface area contributed by atoms with Crippen LogP contribution in [0.1, 0.15) is 25.5 Å². The summed E-state index contributed by atoms with van der Waals surface area (Å²) in [6.45, 7) is 3.90. The van der Waals surface area contributed by atoms with E-state index in [2.05, 4.69) is 25.8 Å². The van der Waals surface area contributed by atoms with Crippen LogP contribution in [0.15, 0.2) is 30.7 Å². The van der Waals surface area contributed by atoms with Crippen molar-refractivity contribution in [2.75, 3.05) is 4.72 Å². The molecule has 0 atom stereocenters. The van der Waals surface area contributed by atoms with Gasteiger partial charge in [-0.2, -0.15) is 0 Å². The molecule has 0 aliphatic heterocycles. The molecule has 2 heterocycles. The van der Waals surface area contributed by atoms with Gasteiger partial charge in [-0.05, 0) is 33.3 Å². The Labute approximate surface area is 117 Å². The van der Waals surface area contributed by atoms with Crippen molar-refractivity contribution >= 4 is 43.2 Å². The predicted molar refractivity (Wildman–Crippen MR) is 73.4 cm³/mol. The molecule has 5 nitrogen and oxygen atoms in total. The Bertz CT molecular complexity index is 646. The fourth-order valence-corrected chi connectivity index (χ4v) is 4.57. The Morgan fingerprint density at radius 3 is 2.72 bits per heavy atom. The molecule has 0 unspecified atom stereocenters. The largest absolute Gasteiger partial charge is 0.338 e. The lowest BCUT2D eigenvalue weighted by molar-refractivity contribution is 0.423. The highest BCUT2D eigenvalue weighted by molar-refractivity contribution is 9.10. The van der Waals surface area contributed by atoms with Gasteiger partial charge in [-0.1, -0.05) is 19.0 Å². The molecule has 2 aromatic heterocycles. The second-order valence-electron chi connectivity index (χ2n) is 3.93. The normalized spacial score (nSPS) is 12.0. The number of sulfonamides is 1. The molecule has 0 aliphatic rings. The quantitative estimate of drug-likeness (QED) is 0.916. The molecule has 18 heavy (non-hydrogen) atoms. The van der Waals surface area contributed by atoms with E-state index in [1.165, 1.54) is 0 Å². The minimum Gasteiger partial charge on any atom is -0.338 e. The molecule has 98 valence electrons. The average molecular weight is 351 g/mol. The molecule has 0 saturated carbocycles. The maximum atomic E-state index is 12.0. The average Bonchev–Trinajstić information content (AvgIpc) is 2.86. The van der Waals surface area contributed by atoms with E-state index in [4.69, 9.17) is 4.52 Å². The van der Waals surface area contributed by atoms with Crippen molar-refractivity contribution in [1.29, 1.82) is 0 Å². The molecular weight excluding hydrogens is 340 g/mol. The van der Waals surface area contributed by atoms with E-state index in [0.717, 1.165) is 11.3 Å². The van der Waals surface area contributed by atoms with Gasteiger partial charge in [0.25, 0.3) is 10.0 Å². The van der Waals surface area contributed by atoms with Crippen LogP contribution in [-0.2, 0) is 10.0 Å². The fourth-order valence-electron chi connectivity index (χ4n) is 1.26. The van der Waals surface area contributed by atoms with Crippen LogP contribution in [0.4, 0.5) is 5.88 Å². The summed E-state index contributed by atoms with van der Waals surface area (Å²) in [5, 5.41) is 5.49. The Morgan fingerprint density at radius 2 is 2.22 bits per heavy atom. The zero-order valence-electron chi connectivity index (χ0n) is 9.68. The Kier molecular flexibility index (Phi) is 3.79. The van der Waals surface area contributed by atoms with Crippen molar-refractivity contribution in [1.82, 2.24) is 5.16 Å². The van der Waals surface area contributed by atoms with Gasteiger partial charge in [0, 0.05) is 10.5 Å². The molecule has 1 N–H and O–H groups in total. The fraction of sp³-hybridized carbons (Fsp3) is 0.300. The third kappa shape index (κ3) is 2.76. The summed E-state index contributed by atoms with van der Waals surface area (Å²) < 4.78 is 32.1. The first-order valence-electron chi connectivity index (χ1n) is 5.12. The lowest BCUT2D eigenvalue weighted by Gasteiger charge is -2.02. The van der Waals surface area contributed by atoms with Crippen LogP contribution in [0, 0.1) is 0 Å². The summed E-state index contributed by atoms with van der Waals surface area (Å²) >= 11 is 4.32. The molecule has 0 aromatic carbocycles. The van der Waals surface area contributed by atoms with Crippen LogP contribution in [0.25, 0.3) is 0 Å². The second kappa shape index (κ2) is 5.02. The summed E-state index contributed by atoms with van der Waals surface area (Å²) in [6.07, 6.45) is 0. The van der Waals surface area contributed by atoms with Crippen LogP contribution < -0.4 is 4.72 Å². The number of anilines is 1. The third-order valence-corrected chi connectivity index (χ3v) is 6.20. The summed E-state index contributed by atoms with van der Waals surface area (Å²) in [7, 11) is -3.63. The van der Waals surface area contributed by atoms with Crippen molar-refractivity contribution in [3.05, 3.63) is 27.7 Å². The predicted octanol–water partition coefficient (Wildman–Crippen LogP) is 3.42. The van der Waals surface area contributed by atoms with E-state index in [1.54, 1.807) is 17.5 Å². The van der Waals surface area contributed by atoms with E-state index >= 15 is 0 Å². The highest BCUT2D eigenvalue weighted by atomic mass is 79.9. The number of hydrogen-bond donors (Lipinski definition) is 1. The summed E-state index contributed by atoms with van der Waals surface area (Å²) in [5.74, 6) is 0.305. The number of thiophene rings is 1. The first kappa shape index (κ1) is 13.6. The number of nitrogens with zero attached hydrogens (tertiary/aromatic N) is 1. The molecule has 0 spiro atoms. The Morgan fingerprint density at radius 1 is 1.50 bits per heavy atom. The van der Waals surface area contributed by atoms with E-state index in [9.17, 15) is 8.42 Å². The smallest absolute Gasteiger partial charge is 0.274 e. The zero-order chi connectivity index (χ0) is 13.3. The highest BCUT2D eigenvalue weighted by Crippen LogP contribution is 2.29. The maximum Gasteiger partial charge on any atom is 0.274 e. The van der Waals surface area contributed by atoms with Gasteiger partial charge < -0.3 is 4.52 Å². The van der Waals surface area contributed by atoms with E-state index in [1.807, 2.05) is 13.8 Å². The summed E-state index contributed by atoms with van der Waals surface area (Å²) in [5.41, 5.74) is 0.706. The summed E-state index contributed by atoms with van der Waals surface area (Å²) in [6, 6.07) is 3.27. The molecule has 0 bridgehead atoms. The van der Waals surface area contributed by atoms with Gasteiger partial charge in [0.2, 0.25) is 5.88 Å². The molecule has 8 heteroatoms. The number of nitrogens with one attached hydrogen (secondary N) is 1. The van der Waals surface area contributed by atoms with Gasteiger partial charge in [-0.3, -0.25) is 0 Å². The summed E-state index contributed by atoms with van der Waals surface area (Å²) in [4.78, 5) is 0. The van der Waals surface area contributed by atoms with Crippen LogP contribution in [0.5, 0.6) is 0 Å². The standard InChI is InChI=1S/C10H11BrN2O3S2/c1-6(2)8-5-9(16-12-8)13-18(14,15)10-7(11)3-4-17-10/h3-6,13H,1-2H3. The molecule has 0 saturated heterocycles. The number of aromatic nitrogens is 1. The molecule has 0 radical (unpaired) electrons. The van der Waals surface area contributed by atoms with Crippen LogP contribution in [0.2, 0.25) is 0 Å². The van der Waals surface area contributed by atoms with E-state index < -0.39 is 10.0 Å². The third-order valence-electron chi connectivity index (χ3n) is 2.18. The van der Waals surface area contributed by atoms with Crippen molar-refractivity contribution in [2.24, 2.45) is 0 Å². The second-order valence-corrected chi connectivity index (χ2v) is 7.58. The van der Waals surface area contributed by atoms with E-state index in [-0.39, 0.29) is 16.0 Å². The van der Waals surface area contributed by atoms with E-state index in [0.29, 0.717) is 10.2 Å². The highest BCUT2D eigenvalue weighted by Gasteiger charge is 2.21. The number of hydrogen-bond acceptors (Lipinski definition) is 5. The Balaban J connectivity index is 2.25. The number of rotatable bonds is 4. The van der Waals surface area contributed by atoms with Gasteiger partial charge in [0.05, 0.1) is 5.69 Å². The van der Waals surface area contributed by atoms with Crippen molar-refractivity contribution in [2.45, 2.75) is 24.0 Å². The molecule has 0 amide bonds. The lowest BCUT2D eigenvalue weighted by atomic mass is 10.1. The molecule has 0 aliphatic carbocycles. The molecular formula is C10H11BrN2O3S2. The van der Waals surface area contributed by atoms with Crippen molar-refractivity contribution < 1.29 is 12.9 Å².